The summed E-state index contributed by atoms with van der Waals surface area (Å²) in [5.41, 5.74) is 0.637. The van der Waals surface area contributed by atoms with E-state index in [0.717, 1.165) is 0 Å². The SMILES string of the molecule is O=C(c1cccc(Cl)c1F)N1CCC(=NO)CC1. The Morgan fingerprint density at radius 3 is 2.67 bits per heavy atom. The number of nitrogens with zero attached hydrogens (tertiary/aromatic N) is 2. The first kappa shape index (κ1) is 12.8. The number of hydrogen-bond acceptors (Lipinski definition) is 3. The van der Waals surface area contributed by atoms with Gasteiger partial charge in [-0.15, -0.1) is 0 Å². The number of halogens is 2. The van der Waals surface area contributed by atoms with E-state index in [1.807, 2.05) is 0 Å². The molecule has 1 fully saturated rings. The molecule has 0 aliphatic carbocycles. The number of carbonyl (C=O) groups is 1. The standard InChI is InChI=1S/C12H12ClFN2O2/c13-10-3-1-2-9(11(10)14)12(17)16-6-4-8(15-18)5-7-16/h1-3,18H,4-7H2. The molecule has 1 heterocycles. The molecule has 0 atom stereocenters. The normalized spacial score (nSPS) is 15.7. The highest BCUT2D eigenvalue weighted by Crippen LogP contribution is 2.20. The van der Waals surface area contributed by atoms with Gasteiger partial charge in [0.05, 0.1) is 16.3 Å². The second-order valence-electron chi connectivity index (χ2n) is 4.06. The minimum atomic E-state index is -0.689. The predicted octanol–water partition coefficient (Wildman–Crippen LogP) is 2.55. The van der Waals surface area contributed by atoms with Crippen molar-refractivity contribution in [1.82, 2.24) is 4.90 Å². The molecular weight excluding hydrogens is 259 g/mol. The van der Waals surface area contributed by atoms with Crippen molar-refractivity contribution in [3.8, 4) is 0 Å². The third-order valence-corrected chi connectivity index (χ3v) is 3.24. The topological polar surface area (TPSA) is 52.9 Å². The lowest BCUT2D eigenvalue weighted by molar-refractivity contribution is 0.0749. The van der Waals surface area contributed by atoms with Crippen LogP contribution in [0.25, 0.3) is 0 Å². The fourth-order valence-electron chi connectivity index (χ4n) is 1.91. The number of benzene rings is 1. The van der Waals surface area contributed by atoms with Gasteiger partial charge in [0.25, 0.3) is 5.91 Å². The van der Waals surface area contributed by atoms with Crippen LogP contribution in [0.1, 0.15) is 23.2 Å². The summed E-state index contributed by atoms with van der Waals surface area (Å²) in [6, 6.07) is 4.36. The molecule has 2 rings (SSSR count). The van der Waals surface area contributed by atoms with Gasteiger partial charge in [-0.1, -0.05) is 22.8 Å². The fraction of sp³-hybridized carbons (Fsp3) is 0.333. The van der Waals surface area contributed by atoms with Crippen LogP contribution < -0.4 is 0 Å². The van der Waals surface area contributed by atoms with Gasteiger partial charge < -0.3 is 10.1 Å². The van der Waals surface area contributed by atoms with Gasteiger partial charge >= 0.3 is 0 Å². The van der Waals surface area contributed by atoms with E-state index in [9.17, 15) is 9.18 Å². The maximum Gasteiger partial charge on any atom is 0.256 e. The molecule has 0 radical (unpaired) electrons. The number of amides is 1. The van der Waals surface area contributed by atoms with E-state index in [1.54, 1.807) is 6.07 Å². The zero-order valence-electron chi connectivity index (χ0n) is 9.57. The van der Waals surface area contributed by atoms with Crippen molar-refractivity contribution in [3.05, 3.63) is 34.6 Å². The van der Waals surface area contributed by atoms with Gasteiger partial charge in [-0.2, -0.15) is 0 Å². The van der Waals surface area contributed by atoms with E-state index < -0.39 is 5.82 Å². The van der Waals surface area contributed by atoms with E-state index in [-0.39, 0.29) is 16.5 Å². The summed E-state index contributed by atoms with van der Waals surface area (Å²) in [6.45, 7) is 0.842. The van der Waals surface area contributed by atoms with Crippen molar-refractivity contribution < 1.29 is 14.4 Å². The Morgan fingerprint density at radius 2 is 2.06 bits per heavy atom. The molecule has 96 valence electrons. The Kier molecular flexibility index (Phi) is 3.81. The van der Waals surface area contributed by atoms with E-state index in [4.69, 9.17) is 16.8 Å². The molecule has 4 nitrogen and oxygen atoms in total. The first-order valence-corrected chi connectivity index (χ1v) is 5.94. The van der Waals surface area contributed by atoms with E-state index in [1.165, 1.54) is 17.0 Å². The summed E-state index contributed by atoms with van der Waals surface area (Å²) >= 11 is 5.64. The molecule has 0 bridgehead atoms. The summed E-state index contributed by atoms with van der Waals surface area (Å²) in [5.74, 6) is -1.07. The maximum atomic E-state index is 13.7. The van der Waals surface area contributed by atoms with Crippen LogP contribution in [-0.2, 0) is 0 Å². The first-order valence-electron chi connectivity index (χ1n) is 5.56. The summed E-state index contributed by atoms with van der Waals surface area (Å²) in [4.78, 5) is 13.6. The summed E-state index contributed by atoms with van der Waals surface area (Å²) in [5, 5.41) is 11.7. The zero-order chi connectivity index (χ0) is 13.1. The van der Waals surface area contributed by atoms with Crippen LogP contribution in [0.5, 0.6) is 0 Å². The van der Waals surface area contributed by atoms with Gasteiger partial charge in [-0.3, -0.25) is 4.79 Å². The zero-order valence-corrected chi connectivity index (χ0v) is 10.3. The lowest BCUT2D eigenvalue weighted by atomic mass is 10.1. The Bertz CT molecular complexity index is 495. The Hall–Kier alpha value is -1.62. The van der Waals surface area contributed by atoms with Gasteiger partial charge in [-0.05, 0) is 12.1 Å². The third kappa shape index (κ3) is 2.46. The highest BCUT2D eigenvalue weighted by Gasteiger charge is 2.24. The summed E-state index contributed by atoms with van der Waals surface area (Å²) < 4.78 is 13.7. The maximum absolute atomic E-state index is 13.7. The first-order chi connectivity index (χ1) is 8.63. The van der Waals surface area contributed by atoms with Crippen molar-refractivity contribution in [3.63, 3.8) is 0 Å². The van der Waals surface area contributed by atoms with Crippen molar-refractivity contribution in [1.29, 1.82) is 0 Å². The molecule has 18 heavy (non-hydrogen) atoms. The van der Waals surface area contributed by atoms with Gasteiger partial charge in [-0.25, -0.2) is 4.39 Å². The van der Waals surface area contributed by atoms with E-state index in [2.05, 4.69) is 5.16 Å². The number of carbonyl (C=O) groups excluding carboxylic acids is 1. The minimum absolute atomic E-state index is 0.0214. The largest absolute Gasteiger partial charge is 0.411 e. The number of piperidine rings is 1. The molecule has 0 unspecified atom stereocenters. The Morgan fingerprint density at radius 1 is 1.39 bits per heavy atom. The van der Waals surface area contributed by atoms with Crippen molar-refractivity contribution in [2.24, 2.45) is 5.16 Å². The molecule has 1 aromatic rings. The van der Waals surface area contributed by atoms with Crippen LogP contribution in [0.2, 0.25) is 5.02 Å². The van der Waals surface area contributed by atoms with Crippen molar-refractivity contribution in [2.75, 3.05) is 13.1 Å². The van der Waals surface area contributed by atoms with Crippen molar-refractivity contribution in [2.45, 2.75) is 12.8 Å². The van der Waals surface area contributed by atoms with Crippen LogP contribution in [0, 0.1) is 5.82 Å². The Balaban J connectivity index is 2.15. The van der Waals surface area contributed by atoms with Crippen LogP contribution in [-0.4, -0.2) is 34.8 Å². The highest BCUT2D eigenvalue weighted by atomic mass is 35.5. The second kappa shape index (κ2) is 5.35. The molecule has 0 saturated carbocycles. The van der Waals surface area contributed by atoms with Crippen LogP contribution in [0.4, 0.5) is 4.39 Å². The van der Waals surface area contributed by atoms with E-state index in [0.29, 0.717) is 31.6 Å². The van der Waals surface area contributed by atoms with Crippen LogP contribution >= 0.6 is 11.6 Å². The Labute approximate surface area is 109 Å². The van der Waals surface area contributed by atoms with E-state index >= 15 is 0 Å². The van der Waals surface area contributed by atoms with Gasteiger partial charge in [0.15, 0.2) is 5.82 Å². The smallest absolute Gasteiger partial charge is 0.256 e. The average Bonchev–Trinajstić information content (AvgIpc) is 2.41. The average molecular weight is 271 g/mol. The lowest BCUT2D eigenvalue weighted by Gasteiger charge is -2.27. The molecular formula is C12H12ClFN2O2. The molecule has 6 heteroatoms. The number of hydrogen-bond donors (Lipinski definition) is 1. The molecule has 0 spiro atoms. The number of rotatable bonds is 1. The van der Waals surface area contributed by atoms with Crippen molar-refractivity contribution >= 4 is 23.2 Å². The molecule has 1 aliphatic heterocycles. The monoisotopic (exact) mass is 270 g/mol. The second-order valence-corrected chi connectivity index (χ2v) is 4.47. The summed E-state index contributed by atoms with van der Waals surface area (Å²) in [7, 11) is 0. The molecule has 1 saturated heterocycles. The summed E-state index contributed by atoms with van der Waals surface area (Å²) in [6.07, 6.45) is 1.01. The van der Waals surface area contributed by atoms with Crippen LogP contribution in [0.3, 0.4) is 0 Å². The molecule has 0 aromatic heterocycles. The van der Waals surface area contributed by atoms with Gasteiger partial charge in [0.1, 0.15) is 0 Å². The molecule has 1 aliphatic rings. The highest BCUT2D eigenvalue weighted by molar-refractivity contribution is 6.31. The molecule has 1 N–H and O–H groups in total. The third-order valence-electron chi connectivity index (χ3n) is 2.95. The number of oxime groups is 1. The molecule has 1 amide bonds. The molecule has 1 aromatic carbocycles. The van der Waals surface area contributed by atoms with Gasteiger partial charge in [0, 0.05) is 25.9 Å². The quantitative estimate of drug-likeness (QED) is 0.630. The van der Waals surface area contributed by atoms with Gasteiger partial charge in [0.2, 0.25) is 0 Å². The van der Waals surface area contributed by atoms with Crippen LogP contribution in [0.15, 0.2) is 23.4 Å². The minimum Gasteiger partial charge on any atom is -0.411 e. The lowest BCUT2D eigenvalue weighted by Crippen LogP contribution is -2.39. The predicted molar refractivity (Wildman–Crippen MR) is 65.8 cm³/mol. The number of likely N-dealkylation sites (tertiary alicyclic amines) is 1. The fourth-order valence-corrected chi connectivity index (χ4v) is 2.08.